The molecular weight excluding hydrogens is 314 g/mol. The van der Waals surface area contributed by atoms with Gasteiger partial charge in [-0.05, 0) is 18.8 Å². The average molecular weight is 343 g/mol. The van der Waals surface area contributed by atoms with Crippen LogP contribution in [0.5, 0.6) is 0 Å². The first-order chi connectivity index (χ1) is 12.3. The van der Waals surface area contributed by atoms with E-state index in [1.807, 2.05) is 11.1 Å². The molecule has 25 heavy (non-hydrogen) atoms. The molecule has 1 amide bonds. The van der Waals surface area contributed by atoms with Crippen molar-refractivity contribution in [2.75, 3.05) is 37.6 Å². The fourth-order valence-electron chi connectivity index (χ4n) is 4.30. The maximum atomic E-state index is 12.7. The molecule has 1 aliphatic carbocycles. The molecule has 6 heteroatoms. The summed E-state index contributed by atoms with van der Waals surface area (Å²) in [6.45, 7) is 5.39. The van der Waals surface area contributed by atoms with Crippen LogP contribution in [-0.4, -0.2) is 53.5 Å². The number of nitrogens with one attached hydrogen (secondary N) is 1. The molecule has 2 fully saturated rings. The smallest absolute Gasteiger partial charge is 0.225 e. The summed E-state index contributed by atoms with van der Waals surface area (Å²) in [5.41, 5.74) is 2.26. The molecule has 1 saturated carbocycles. The van der Waals surface area contributed by atoms with Crippen LogP contribution in [0, 0.1) is 5.92 Å². The molecule has 0 radical (unpaired) electrons. The summed E-state index contributed by atoms with van der Waals surface area (Å²) in [6.07, 6.45) is 9.92. The van der Waals surface area contributed by atoms with Gasteiger partial charge in [0.25, 0.3) is 0 Å². The number of hydrogen-bond acceptors (Lipinski definition) is 5. The van der Waals surface area contributed by atoms with E-state index in [0.717, 1.165) is 62.8 Å². The molecule has 0 unspecified atom stereocenters. The minimum Gasteiger partial charge on any atom is -0.338 e. The van der Waals surface area contributed by atoms with Crippen LogP contribution in [0.4, 0.5) is 5.95 Å². The molecule has 6 nitrogen and oxygen atoms in total. The summed E-state index contributed by atoms with van der Waals surface area (Å²) in [4.78, 5) is 26.3. The molecule has 3 heterocycles. The van der Waals surface area contributed by atoms with E-state index in [0.29, 0.717) is 18.4 Å². The van der Waals surface area contributed by atoms with Crippen molar-refractivity contribution in [2.45, 2.75) is 51.5 Å². The van der Waals surface area contributed by atoms with Crippen LogP contribution in [0.25, 0.3) is 0 Å². The third-order valence-electron chi connectivity index (χ3n) is 5.86. The zero-order chi connectivity index (χ0) is 17.1. The summed E-state index contributed by atoms with van der Waals surface area (Å²) in [5.74, 6) is 1.78. The largest absolute Gasteiger partial charge is 0.338 e. The summed E-state index contributed by atoms with van der Waals surface area (Å²) >= 11 is 0. The average Bonchev–Trinajstić information content (AvgIpc) is 2.68. The lowest BCUT2D eigenvalue weighted by Gasteiger charge is -2.32. The zero-order valence-corrected chi connectivity index (χ0v) is 15.0. The highest BCUT2D eigenvalue weighted by molar-refractivity contribution is 5.76. The van der Waals surface area contributed by atoms with Gasteiger partial charge in [0.2, 0.25) is 11.9 Å². The van der Waals surface area contributed by atoms with E-state index in [2.05, 4.69) is 15.2 Å². The standard InChI is InChI=1S/C19H29N5O/c25-18(12-15-4-2-1-3-5-15)24-9-6-17-16(14-24)13-21-19(22-17)23-10-7-20-8-11-23/h13,15,20H,1-12,14H2. The van der Waals surface area contributed by atoms with Crippen molar-refractivity contribution < 1.29 is 4.79 Å². The molecule has 1 saturated heterocycles. The van der Waals surface area contributed by atoms with Gasteiger partial charge >= 0.3 is 0 Å². The second-order valence-corrected chi connectivity index (χ2v) is 7.65. The van der Waals surface area contributed by atoms with Gasteiger partial charge in [0, 0.05) is 63.9 Å². The molecular formula is C19H29N5O. The lowest BCUT2D eigenvalue weighted by molar-refractivity contribution is -0.133. The van der Waals surface area contributed by atoms with Crippen LogP contribution in [-0.2, 0) is 17.8 Å². The zero-order valence-electron chi connectivity index (χ0n) is 15.0. The number of rotatable bonds is 3. The van der Waals surface area contributed by atoms with Gasteiger partial charge in [0.15, 0.2) is 0 Å². The Morgan fingerprint density at radius 2 is 1.96 bits per heavy atom. The van der Waals surface area contributed by atoms with Crippen molar-refractivity contribution >= 4 is 11.9 Å². The molecule has 1 N–H and O–H groups in total. The predicted molar refractivity (Wildman–Crippen MR) is 97.4 cm³/mol. The fourth-order valence-corrected chi connectivity index (χ4v) is 4.30. The summed E-state index contributed by atoms with van der Waals surface area (Å²) in [5, 5.41) is 3.36. The van der Waals surface area contributed by atoms with E-state index < -0.39 is 0 Å². The van der Waals surface area contributed by atoms with Gasteiger partial charge in [-0.1, -0.05) is 19.3 Å². The van der Waals surface area contributed by atoms with Gasteiger partial charge in [0.1, 0.15) is 0 Å². The molecule has 1 aromatic heterocycles. The number of fused-ring (bicyclic) bond motifs is 1. The molecule has 0 atom stereocenters. The Balaban J connectivity index is 1.38. The van der Waals surface area contributed by atoms with Crippen molar-refractivity contribution in [3.05, 3.63) is 17.5 Å². The van der Waals surface area contributed by atoms with Gasteiger partial charge in [0.05, 0.1) is 5.69 Å². The first-order valence-corrected chi connectivity index (χ1v) is 9.88. The van der Waals surface area contributed by atoms with Gasteiger partial charge in [-0.25, -0.2) is 9.97 Å². The minimum absolute atomic E-state index is 0.323. The number of piperazine rings is 1. The first-order valence-electron chi connectivity index (χ1n) is 9.88. The number of anilines is 1. The van der Waals surface area contributed by atoms with Crippen molar-refractivity contribution in [3.63, 3.8) is 0 Å². The Bertz CT molecular complexity index is 608. The van der Waals surface area contributed by atoms with Crippen molar-refractivity contribution in [2.24, 2.45) is 5.92 Å². The van der Waals surface area contributed by atoms with Crippen LogP contribution in [0.2, 0.25) is 0 Å². The second-order valence-electron chi connectivity index (χ2n) is 7.65. The Hall–Kier alpha value is -1.69. The minimum atomic E-state index is 0.323. The van der Waals surface area contributed by atoms with Gasteiger partial charge < -0.3 is 15.1 Å². The lowest BCUT2D eigenvalue weighted by atomic mass is 9.86. The number of amides is 1. The van der Waals surface area contributed by atoms with Crippen LogP contribution < -0.4 is 10.2 Å². The monoisotopic (exact) mass is 343 g/mol. The Morgan fingerprint density at radius 1 is 1.16 bits per heavy atom. The van der Waals surface area contributed by atoms with E-state index in [1.165, 1.54) is 32.1 Å². The van der Waals surface area contributed by atoms with Crippen LogP contribution >= 0.6 is 0 Å². The third kappa shape index (κ3) is 3.94. The highest BCUT2D eigenvalue weighted by Crippen LogP contribution is 2.28. The maximum Gasteiger partial charge on any atom is 0.225 e. The number of nitrogens with zero attached hydrogens (tertiary/aromatic N) is 4. The Labute approximate surface area is 150 Å². The lowest BCUT2D eigenvalue weighted by Crippen LogP contribution is -2.44. The molecule has 4 rings (SSSR count). The van der Waals surface area contributed by atoms with Crippen molar-refractivity contribution in [1.82, 2.24) is 20.2 Å². The summed E-state index contributed by atoms with van der Waals surface area (Å²) in [6, 6.07) is 0. The van der Waals surface area contributed by atoms with Gasteiger partial charge in [-0.3, -0.25) is 4.79 Å². The Morgan fingerprint density at radius 3 is 2.76 bits per heavy atom. The second kappa shape index (κ2) is 7.68. The highest BCUT2D eigenvalue weighted by Gasteiger charge is 2.26. The van der Waals surface area contributed by atoms with Crippen molar-refractivity contribution in [3.8, 4) is 0 Å². The van der Waals surface area contributed by atoms with Crippen LogP contribution in [0.1, 0.15) is 49.8 Å². The topological polar surface area (TPSA) is 61.4 Å². The summed E-state index contributed by atoms with van der Waals surface area (Å²) in [7, 11) is 0. The predicted octanol–water partition coefficient (Wildman–Crippen LogP) is 1.74. The number of hydrogen-bond donors (Lipinski definition) is 1. The molecule has 1 aromatic rings. The van der Waals surface area contributed by atoms with Crippen LogP contribution in [0.3, 0.4) is 0 Å². The van der Waals surface area contributed by atoms with E-state index in [9.17, 15) is 4.79 Å². The first kappa shape index (κ1) is 16.8. The van der Waals surface area contributed by atoms with Gasteiger partial charge in [-0.2, -0.15) is 0 Å². The van der Waals surface area contributed by atoms with E-state index in [1.54, 1.807) is 0 Å². The number of carbonyl (C=O) groups excluding carboxylic acids is 1. The van der Waals surface area contributed by atoms with Crippen molar-refractivity contribution in [1.29, 1.82) is 0 Å². The molecule has 0 aromatic carbocycles. The SMILES string of the molecule is O=C(CC1CCCCC1)N1CCc2nc(N3CCNCC3)ncc2C1. The molecule has 3 aliphatic rings. The Kier molecular flexibility index (Phi) is 5.15. The number of aromatic nitrogens is 2. The van der Waals surface area contributed by atoms with E-state index in [4.69, 9.17) is 4.98 Å². The quantitative estimate of drug-likeness (QED) is 0.906. The van der Waals surface area contributed by atoms with E-state index >= 15 is 0 Å². The molecule has 136 valence electrons. The third-order valence-corrected chi connectivity index (χ3v) is 5.86. The molecule has 0 spiro atoms. The maximum absolute atomic E-state index is 12.7. The summed E-state index contributed by atoms with van der Waals surface area (Å²) < 4.78 is 0. The fraction of sp³-hybridized carbons (Fsp3) is 0.737. The van der Waals surface area contributed by atoms with Crippen LogP contribution in [0.15, 0.2) is 6.20 Å². The molecule has 2 aliphatic heterocycles. The molecule has 0 bridgehead atoms. The normalized spacial score (nSPS) is 21.9. The number of carbonyl (C=O) groups is 1. The van der Waals surface area contributed by atoms with E-state index in [-0.39, 0.29) is 0 Å². The highest BCUT2D eigenvalue weighted by atomic mass is 16.2. The van der Waals surface area contributed by atoms with Gasteiger partial charge in [-0.15, -0.1) is 0 Å².